The quantitative estimate of drug-likeness (QED) is 0.849. The van der Waals surface area contributed by atoms with Crippen molar-refractivity contribution in [3.8, 4) is 0 Å². The summed E-state index contributed by atoms with van der Waals surface area (Å²) in [6, 6.07) is 6.14. The molecule has 2 heterocycles. The fourth-order valence-corrected chi connectivity index (χ4v) is 1.58. The number of hydrogen-bond acceptors (Lipinski definition) is 5. The molecule has 2 aromatic heterocycles. The zero-order valence-electron chi connectivity index (χ0n) is 10.1. The number of aromatic nitrogens is 3. The Morgan fingerprint density at radius 2 is 2.29 bits per heavy atom. The molecular formula is C12H16N4O. The zero-order chi connectivity index (χ0) is 12.1. The maximum Gasteiger partial charge on any atom is 0.223 e. The molecule has 0 bridgehead atoms. The third kappa shape index (κ3) is 3.35. The average molecular weight is 232 g/mol. The Labute approximate surface area is 100 Å². The highest BCUT2D eigenvalue weighted by Gasteiger charge is 2.06. The Kier molecular flexibility index (Phi) is 3.82. The van der Waals surface area contributed by atoms with E-state index in [4.69, 9.17) is 4.52 Å². The van der Waals surface area contributed by atoms with Gasteiger partial charge >= 0.3 is 0 Å². The summed E-state index contributed by atoms with van der Waals surface area (Å²) < 4.78 is 4.91. The van der Waals surface area contributed by atoms with Crippen LogP contribution in [-0.4, -0.2) is 21.7 Å². The van der Waals surface area contributed by atoms with Gasteiger partial charge in [0.2, 0.25) is 5.89 Å². The molecule has 0 saturated carbocycles. The van der Waals surface area contributed by atoms with Crippen molar-refractivity contribution in [2.45, 2.75) is 26.3 Å². The van der Waals surface area contributed by atoms with Gasteiger partial charge in [-0.15, -0.1) is 0 Å². The molecule has 0 radical (unpaired) electrons. The van der Waals surface area contributed by atoms with Crippen LogP contribution in [0, 0.1) is 6.92 Å². The van der Waals surface area contributed by atoms with Crippen LogP contribution in [0.25, 0.3) is 0 Å². The van der Waals surface area contributed by atoms with Crippen molar-refractivity contribution in [2.24, 2.45) is 0 Å². The molecule has 1 unspecified atom stereocenters. The van der Waals surface area contributed by atoms with E-state index in [-0.39, 0.29) is 6.04 Å². The third-order valence-electron chi connectivity index (χ3n) is 2.50. The first kappa shape index (κ1) is 11.7. The van der Waals surface area contributed by atoms with E-state index in [2.05, 4.69) is 27.4 Å². The number of hydrogen-bond donors (Lipinski definition) is 1. The second-order valence-electron chi connectivity index (χ2n) is 3.91. The minimum Gasteiger partial charge on any atom is -0.340 e. The summed E-state index contributed by atoms with van der Waals surface area (Å²) in [4.78, 5) is 8.44. The molecule has 0 spiro atoms. The normalized spacial score (nSPS) is 12.6. The van der Waals surface area contributed by atoms with Gasteiger partial charge in [-0.25, -0.2) is 0 Å². The van der Waals surface area contributed by atoms with Crippen molar-refractivity contribution in [1.82, 2.24) is 20.4 Å². The van der Waals surface area contributed by atoms with E-state index in [1.807, 2.05) is 18.2 Å². The van der Waals surface area contributed by atoms with E-state index in [0.29, 0.717) is 5.89 Å². The largest absolute Gasteiger partial charge is 0.340 e. The Morgan fingerprint density at radius 1 is 1.41 bits per heavy atom. The van der Waals surface area contributed by atoms with Gasteiger partial charge in [0, 0.05) is 32.1 Å². The van der Waals surface area contributed by atoms with Crippen LogP contribution >= 0.6 is 0 Å². The maximum atomic E-state index is 4.91. The van der Waals surface area contributed by atoms with E-state index in [9.17, 15) is 0 Å². The zero-order valence-corrected chi connectivity index (χ0v) is 10.1. The van der Waals surface area contributed by atoms with Gasteiger partial charge in [0.1, 0.15) is 0 Å². The van der Waals surface area contributed by atoms with E-state index < -0.39 is 0 Å². The molecule has 5 nitrogen and oxygen atoms in total. The summed E-state index contributed by atoms with van der Waals surface area (Å²) in [7, 11) is 0. The van der Waals surface area contributed by atoms with Crippen LogP contribution in [0.2, 0.25) is 0 Å². The Morgan fingerprint density at radius 3 is 2.94 bits per heavy atom. The topological polar surface area (TPSA) is 63.8 Å². The number of aryl methyl sites for hydroxylation is 1. The molecule has 90 valence electrons. The first-order chi connectivity index (χ1) is 8.25. The van der Waals surface area contributed by atoms with Crippen molar-refractivity contribution < 1.29 is 4.52 Å². The first-order valence-corrected chi connectivity index (χ1v) is 5.69. The summed E-state index contributed by atoms with van der Waals surface area (Å²) in [5.41, 5.74) is 1.04. The first-order valence-electron chi connectivity index (χ1n) is 5.69. The molecule has 5 heteroatoms. The lowest BCUT2D eigenvalue weighted by Crippen LogP contribution is -2.22. The van der Waals surface area contributed by atoms with Crippen molar-refractivity contribution >= 4 is 0 Å². The predicted octanol–water partition coefficient (Wildman–Crippen LogP) is 1.67. The molecule has 0 fully saturated rings. The molecule has 1 atom stereocenters. The molecule has 2 aromatic rings. The predicted molar refractivity (Wildman–Crippen MR) is 63.4 cm³/mol. The lowest BCUT2D eigenvalue weighted by atomic mass is 10.2. The van der Waals surface area contributed by atoms with Crippen molar-refractivity contribution in [1.29, 1.82) is 0 Å². The smallest absolute Gasteiger partial charge is 0.223 e. The van der Waals surface area contributed by atoms with Crippen LogP contribution in [0.4, 0.5) is 0 Å². The SMILES string of the molecule is Cc1nc(CCNC(C)c2ccccn2)no1. The summed E-state index contributed by atoms with van der Waals surface area (Å²) in [5.74, 6) is 1.35. The lowest BCUT2D eigenvalue weighted by molar-refractivity contribution is 0.386. The van der Waals surface area contributed by atoms with Gasteiger partial charge in [0.15, 0.2) is 5.82 Å². The van der Waals surface area contributed by atoms with Crippen LogP contribution in [0.3, 0.4) is 0 Å². The van der Waals surface area contributed by atoms with Crippen molar-refractivity contribution in [3.63, 3.8) is 0 Å². The highest BCUT2D eigenvalue weighted by Crippen LogP contribution is 2.07. The lowest BCUT2D eigenvalue weighted by Gasteiger charge is -2.11. The number of nitrogens with zero attached hydrogens (tertiary/aromatic N) is 3. The monoisotopic (exact) mass is 232 g/mol. The minimum atomic E-state index is 0.226. The highest BCUT2D eigenvalue weighted by molar-refractivity contribution is 5.07. The second kappa shape index (κ2) is 5.54. The van der Waals surface area contributed by atoms with Crippen molar-refractivity contribution in [2.75, 3.05) is 6.54 Å². The highest BCUT2D eigenvalue weighted by atomic mass is 16.5. The third-order valence-corrected chi connectivity index (χ3v) is 2.50. The Hall–Kier alpha value is -1.75. The van der Waals surface area contributed by atoms with Gasteiger partial charge in [-0.2, -0.15) is 4.98 Å². The summed E-state index contributed by atoms with van der Waals surface area (Å²) in [5, 5.41) is 7.22. The van der Waals surface area contributed by atoms with Gasteiger partial charge in [-0.3, -0.25) is 4.98 Å². The van der Waals surface area contributed by atoms with Gasteiger partial charge in [-0.05, 0) is 19.1 Å². The number of pyridine rings is 1. The summed E-state index contributed by atoms with van der Waals surface area (Å²) in [6.45, 7) is 4.68. The van der Waals surface area contributed by atoms with E-state index in [1.54, 1.807) is 13.1 Å². The number of rotatable bonds is 5. The molecule has 0 amide bonds. The van der Waals surface area contributed by atoms with Crippen LogP contribution in [0.15, 0.2) is 28.9 Å². The fourth-order valence-electron chi connectivity index (χ4n) is 1.58. The van der Waals surface area contributed by atoms with Gasteiger partial charge in [0.25, 0.3) is 0 Å². The summed E-state index contributed by atoms with van der Waals surface area (Å²) in [6.07, 6.45) is 2.56. The van der Waals surface area contributed by atoms with Gasteiger partial charge in [0.05, 0.1) is 5.69 Å². The molecule has 1 N–H and O–H groups in total. The second-order valence-corrected chi connectivity index (χ2v) is 3.91. The van der Waals surface area contributed by atoms with E-state index in [0.717, 1.165) is 24.5 Å². The minimum absolute atomic E-state index is 0.226. The van der Waals surface area contributed by atoms with E-state index in [1.165, 1.54) is 0 Å². The maximum absolute atomic E-state index is 4.91. The Bertz CT molecular complexity index is 455. The van der Waals surface area contributed by atoms with Crippen LogP contribution < -0.4 is 5.32 Å². The van der Waals surface area contributed by atoms with Crippen molar-refractivity contribution in [3.05, 3.63) is 41.8 Å². The summed E-state index contributed by atoms with van der Waals surface area (Å²) >= 11 is 0. The van der Waals surface area contributed by atoms with Crippen LogP contribution in [-0.2, 0) is 6.42 Å². The number of nitrogens with one attached hydrogen (secondary N) is 1. The van der Waals surface area contributed by atoms with Crippen LogP contribution in [0.5, 0.6) is 0 Å². The van der Waals surface area contributed by atoms with Crippen LogP contribution in [0.1, 0.15) is 30.4 Å². The van der Waals surface area contributed by atoms with Gasteiger partial charge in [-0.1, -0.05) is 11.2 Å². The molecule has 2 rings (SSSR count). The Balaban J connectivity index is 1.79. The fraction of sp³-hybridized carbons (Fsp3) is 0.417. The molecule has 0 aliphatic rings. The molecule has 0 saturated heterocycles. The molecule has 17 heavy (non-hydrogen) atoms. The standard InChI is InChI=1S/C12H16N4O/c1-9(11-5-3-4-7-14-11)13-8-6-12-15-10(2)17-16-12/h3-5,7,9,13H,6,8H2,1-2H3. The molecular weight excluding hydrogens is 216 g/mol. The van der Waals surface area contributed by atoms with E-state index >= 15 is 0 Å². The molecule has 0 aliphatic carbocycles. The molecule has 0 aromatic carbocycles. The molecule has 0 aliphatic heterocycles. The average Bonchev–Trinajstić information content (AvgIpc) is 2.76. The van der Waals surface area contributed by atoms with Gasteiger partial charge < -0.3 is 9.84 Å².